The molecule has 0 saturated heterocycles. The molecule has 2 nitrogen and oxygen atoms in total. The lowest BCUT2D eigenvalue weighted by Gasteiger charge is -2.25. The molecular weight excluding hydrogens is 300 g/mol. The summed E-state index contributed by atoms with van der Waals surface area (Å²) in [5, 5.41) is 3.39. The van der Waals surface area contributed by atoms with Crippen molar-refractivity contribution in [3.63, 3.8) is 0 Å². The number of hydrogen-bond acceptors (Lipinski definition) is 2. The van der Waals surface area contributed by atoms with E-state index < -0.39 is 0 Å². The number of rotatable bonds is 7. The third-order valence-corrected chi connectivity index (χ3v) is 4.81. The maximum absolute atomic E-state index is 3.73. The molecule has 0 unspecified atom stereocenters. The topological polar surface area (TPSA) is 15.3 Å². The highest BCUT2D eigenvalue weighted by molar-refractivity contribution is 9.10. The molecule has 0 spiro atoms. The lowest BCUT2D eigenvalue weighted by atomic mass is 10.2. The first-order valence-corrected chi connectivity index (χ1v) is 8.33. The Hall–Kier alpha value is -0.540. The number of anilines is 1. The third kappa shape index (κ3) is 3.51. The van der Waals surface area contributed by atoms with Gasteiger partial charge < -0.3 is 10.2 Å². The van der Waals surface area contributed by atoms with E-state index in [1.165, 1.54) is 48.0 Å². The monoisotopic (exact) mass is 322 g/mol. The molecular formula is C16H23BrN2. The minimum Gasteiger partial charge on any atom is -0.368 e. The summed E-state index contributed by atoms with van der Waals surface area (Å²) in [6, 6.07) is 7.70. The smallest absolute Gasteiger partial charge is 0.0380 e. The van der Waals surface area contributed by atoms with Gasteiger partial charge in [-0.25, -0.2) is 0 Å². The highest BCUT2D eigenvalue weighted by Gasteiger charge is 2.33. The van der Waals surface area contributed by atoms with Crippen molar-refractivity contribution in [2.75, 3.05) is 18.0 Å². The number of hydrogen-bond donors (Lipinski definition) is 1. The van der Waals surface area contributed by atoms with Gasteiger partial charge in [-0.2, -0.15) is 0 Å². The highest BCUT2D eigenvalue weighted by atomic mass is 79.9. The lowest BCUT2D eigenvalue weighted by molar-refractivity contribution is 0.713. The quantitative estimate of drug-likeness (QED) is 0.818. The van der Waals surface area contributed by atoms with Crippen LogP contribution in [0, 0.1) is 5.92 Å². The zero-order valence-electron chi connectivity index (χ0n) is 11.7. The van der Waals surface area contributed by atoms with Crippen LogP contribution >= 0.6 is 15.9 Å². The summed E-state index contributed by atoms with van der Waals surface area (Å²) in [4.78, 5) is 2.64. The molecule has 19 heavy (non-hydrogen) atoms. The Balaban J connectivity index is 1.73. The molecule has 0 amide bonds. The van der Waals surface area contributed by atoms with Gasteiger partial charge in [0.05, 0.1) is 0 Å². The Morgan fingerprint density at radius 3 is 2.63 bits per heavy atom. The molecule has 104 valence electrons. The standard InChI is InChI=1S/C16H23BrN2/c1-2-18-10-13-5-6-15(9-16(13)17)19(14-7-8-14)11-12-3-4-12/h5-6,9,12,14,18H,2-4,7-8,10-11H2,1H3. The van der Waals surface area contributed by atoms with Crippen molar-refractivity contribution in [1.29, 1.82) is 0 Å². The summed E-state index contributed by atoms with van der Waals surface area (Å²) in [6.07, 6.45) is 5.62. The fraction of sp³-hybridized carbons (Fsp3) is 0.625. The van der Waals surface area contributed by atoms with Gasteiger partial charge >= 0.3 is 0 Å². The maximum Gasteiger partial charge on any atom is 0.0380 e. The van der Waals surface area contributed by atoms with Crippen LogP contribution in [-0.4, -0.2) is 19.1 Å². The van der Waals surface area contributed by atoms with E-state index in [0.717, 1.165) is 25.0 Å². The van der Waals surface area contributed by atoms with Crippen LogP contribution in [0.3, 0.4) is 0 Å². The van der Waals surface area contributed by atoms with Gasteiger partial charge in [0.1, 0.15) is 0 Å². The van der Waals surface area contributed by atoms with Gasteiger partial charge in [0.25, 0.3) is 0 Å². The first kappa shape index (κ1) is 13.4. The van der Waals surface area contributed by atoms with Gasteiger partial charge in [-0.1, -0.05) is 28.9 Å². The molecule has 0 radical (unpaired) electrons. The van der Waals surface area contributed by atoms with Gasteiger partial charge in [-0.15, -0.1) is 0 Å². The van der Waals surface area contributed by atoms with Crippen LogP contribution in [-0.2, 0) is 6.54 Å². The van der Waals surface area contributed by atoms with E-state index in [2.05, 4.69) is 51.3 Å². The second-order valence-corrected chi connectivity index (χ2v) is 6.74. The number of benzene rings is 1. The van der Waals surface area contributed by atoms with Crippen molar-refractivity contribution in [2.24, 2.45) is 5.92 Å². The molecule has 0 atom stereocenters. The molecule has 1 aromatic rings. The summed E-state index contributed by atoms with van der Waals surface area (Å²) >= 11 is 3.73. The summed E-state index contributed by atoms with van der Waals surface area (Å²) in [6.45, 7) is 5.38. The van der Waals surface area contributed by atoms with Crippen molar-refractivity contribution in [3.05, 3.63) is 28.2 Å². The summed E-state index contributed by atoms with van der Waals surface area (Å²) in [5.74, 6) is 0.959. The van der Waals surface area contributed by atoms with Crippen LogP contribution in [0.5, 0.6) is 0 Å². The van der Waals surface area contributed by atoms with Crippen LogP contribution in [0.1, 0.15) is 38.2 Å². The van der Waals surface area contributed by atoms with Crippen molar-refractivity contribution >= 4 is 21.6 Å². The Labute approximate surface area is 124 Å². The van der Waals surface area contributed by atoms with Crippen LogP contribution < -0.4 is 10.2 Å². The summed E-state index contributed by atoms with van der Waals surface area (Å²) in [5.41, 5.74) is 2.76. The number of nitrogens with zero attached hydrogens (tertiary/aromatic N) is 1. The van der Waals surface area contributed by atoms with Crippen LogP contribution in [0.15, 0.2) is 22.7 Å². The van der Waals surface area contributed by atoms with Crippen molar-refractivity contribution in [1.82, 2.24) is 5.32 Å². The lowest BCUT2D eigenvalue weighted by Crippen LogP contribution is -2.28. The largest absolute Gasteiger partial charge is 0.368 e. The second-order valence-electron chi connectivity index (χ2n) is 5.88. The molecule has 2 saturated carbocycles. The van der Waals surface area contributed by atoms with E-state index >= 15 is 0 Å². The zero-order chi connectivity index (χ0) is 13.2. The average Bonchev–Trinajstić information content (AvgIpc) is 3.27. The van der Waals surface area contributed by atoms with Crippen molar-refractivity contribution in [3.8, 4) is 0 Å². The molecule has 0 heterocycles. The van der Waals surface area contributed by atoms with E-state index in [1.807, 2.05) is 0 Å². The Morgan fingerprint density at radius 1 is 1.26 bits per heavy atom. The SMILES string of the molecule is CCNCc1ccc(N(CC2CC2)C2CC2)cc1Br. The van der Waals surface area contributed by atoms with Crippen LogP contribution in [0.25, 0.3) is 0 Å². The van der Waals surface area contributed by atoms with E-state index in [1.54, 1.807) is 0 Å². The Kier molecular flexibility index (Phi) is 4.13. The van der Waals surface area contributed by atoms with Crippen LogP contribution in [0.2, 0.25) is 0 Å². The molecule has 3 rings (SSSR count). The summed E-state index contributed by atoms with van der Waals surface area (Å²) < 4.78 is 1.24. The fourth-order valence-electron chi connectivity index (χ4n) is 2.55. The molecule has 0 aliphatic heterocycles. The average molecular weight is 323 g/mol. The van der Waals surface area contributed by atoms with Gasteiger partial charge in [0.15, 0.2) is 0 Å². The van der Waals surface area contributed by atoms with E-state index in [-0.39, 0.29) is 0 Å². The Morgan fingerprint density at radius 2 is 2.05 bits per heavy atom. The second kappa shape index (κ2) is 5.84. The fourth-order valence-corrected chi connectivity index (χ4v) is 3.05. The molecule has 3 heteroatoms. The minimum atomic E-state index is 0.812. The predicted octanol–water partition coefficient (Wildman–Crippen LogP) is 3.94. The van der Waals surface area contributed by atoms with Gasteiger partial charge in [-0.3, -0.25) is 0 Å². The van der Waals surface area contributed by atoms with Gasteiger partial charge in [0, 0.05) is 29.3 Å². The van der Waals surface area contributed by atoms with Gasteiger partial charge in [0.2, 0.25) is 0 Å². The minimum absolute atomic E-state index is 0.812. The first-order valence-electron chi connectivity index (χ1n) is 7.53. The van der Waals surface area contributed by atoms with Crippen LogP contribution in [0.4, 0.5) is 5.69 Å². The molecule has 0 aromatic heterocycles. The summed E-state index contributed by atoms with van der Waals surface area (Å²) in [7, 11) is 0. The molecule has 2 aliphatic carbocycles. The zero-order valence-corrected chi connectivity index (χ0v) is 13.2. The van der Waals surface area contributed by atoms with Crippen molar-refractivity contribution < 1.29 is 0 Å². The normalized spacial score (nSPS) is 18.6. The molecule has 2 aliphatic rings. The molecule has 1 aromatic carbocycles. The molecule has 2 fully saturated rings. The number of nitrogens with one attached hydrogen (secondary N) is 1. The number of halogens is 1. The van der Waals surface area contributed by atoms with E-state index in [0.29, 0.717) is 0 Å². The predicted molar refractivity (Wildman–Crippen MR) is 84.6 cm³/mol. The van der Waals surface area contributed by atoms with Gasteiger partial charge in [-0.05, 0) is 55.8 Å². The third-order valence-electron chi connectivity index (χ3n) is 4.07. The maximum atomic E-state index is 3.73. The van der Waals surface area contributed by atoms with E-state index in [4.69, 9.17) is 0 Å². The molecule has 1 N–H and O–H groups in total. The molecule has 0 bridgehead atoms. The van der Waals surface area contributed by atoms with E-state index in [9.17, 15) is 0 Å². The first-order chi connectivity index (χ1) is 9.28. The highest BCUT2D eigenvalue weighted by Crippen LogP contribution is 2.38. The Bertz CT molecular complexity index is 438. The van der Waals surface area contributed by atoms with Crippen molar-refractivity contribution in [2.45, 2.75) is 45.2 Å².